The number of carbonyl (C=O) groups excluding carboxylic acids is 1. The summed E-state index contributed by atoms with van der Waals surface area (Å²) in [5, 5.41) is 5.42. The van der Waals surface area contributed by atoms with Crippen LogP contribution < -0.4 is 10.2 Å². The van der Waals surface area contributed by atoms with Gasteiger partial charge >= 0.3 is 0 Å². The summed E-state index contributed by atoms with van der Waals surface area (Å²) in [5.41, 5.74) is 2.18. The van der Waals surface area contributed by atoms with Crippen LogP contribution in [0.25, 0.3) is 10.2 Å². The fourth-order valence-electron chi connectivity index (χ4n) is 4.70. The Morgan fingerprint density at radius 3 is 2.71 bits per heavy atom. The van der Waals surface area contributed by atoms with E-state index < -0.39 is 0 Å². The van der Waals surface area contributed by atoms with Crippen LogP contribution in [0.1, 0.15) is 24.8 Å². The number of hydrogen-bond acceptors (Lipinski definition) is 6. The normalized spacial score (nSPS) is 23.9. The molecule has 3 atom stereocenters. The lowest BCUT2D eigenvalue weighted by atomic mass is 9.91. The molecule has 0 radical (unpaired) electrons. The van der Waals surface area contributed by atoms with Crippen LogP contribution in [0, 0.1) is 11.8 Å². The summed E-state index contributed by atoms with van der Waals surface area (Å²) in [6.07, 6.45) is 8.87. The highest BCUT2D eigenvalue weighted by atomic mass is 32.1. The molecule has 1 N–H and O–H groups in total. The van der Waals surface area contributed by atoms with Gasteiger partial charge in [-0.3, -0.25) is 9.78 Å². The highest BCUT2D eigenvalue weighted by Crippen LogP contribution is 2.40. The van der Waals surface area contributed by atoms with Crippen molar-refractivity contribution >= 4 is 33.3 Å². The summed E-state index contributed by atoms with van der Waals surface area (Å²) in [6.45, 7) is 1.91. The van der Waals surface area contributed by atoms with Gasteiger partial charge in [0.15, 0.2) is 0 Å². The molecule has 7 heteroatoms. The monoisotopic (exact) mass is 393 g/mol. The first-order valence-corrected chi connectivity index (χ1v) is 10.8. The number of nitrogens with one attached hydrogen (secondary N) is 1. The van der Waals surface area contributed by atoms with Crippen molar-refractivity contribution in [2.75, 3.05) is 18.0 Å². The second-order valence-corrected chi connectivity index (χ2v) is 8.70. The third-order valence-corrected chi connectivity index (χ3v) is 6.98. The first kappa shape index (κ1) is 17.6. The molecule has 2 fully saturated rings. The number of thiophene rings is 1. The molecule has 0 spiro atoms. The number of hydrogen-bond donors (Lipinski definition) is 1. The number of anilines is 1. The maximum Gasteiger partial charge on any atom is 0.220 e. The fraction of sp³-hybridized carbons (Fsp3) is 0.429. The number of amides is 1. The summed E-state index contributed by atoms with van der Waals surface area (Å²) in [7, 11) is 0. The zero-order valence-electron chi connectivity index (χ0n) is 15.6. The van der Waals surface area contributed by atoms with E-state index in [0.717, 1.165) is 36.4 Å². The second-order valence-electron chi connectivity index (χ2n) is 7.78. The smallest absolute Gasteiger partial charge is 0.220 e. The molecule has 2 bridgehead atoms. The molecule has 1 saturated carbocycles. The fourth-order valence-corrected chi connectivity index (χ4v) is 5.56. The average Bonchev–Trinajstić information content (AvgIpc) is 3.28. The van der Waals surface area contributed by atoms with E-state index in [1.54, 1.807) is 30.1 Å². The van der Waals surface area contributed by atoms with Crippen molar-refractivity contribution in [2.45, 2.75) is 31.7 Å². The highest BCUT2D eigenvalue weighted by molar-refractivity contribution is 7.17. The molecule has 2 aliphatic rings. The molecule has 4 heterocycles. The molecule has 6 nitrogen and oxygen atoms in total. The zero-order valence-corrected chi connectivity index (χ0v) is 16.4. The third-order valence-electron chi connectivity index (χ3n) is 6.08. The van der Waals surface area contributed by atoms with Crippen LogP contribution in [-0.2, 0) is 11.2 Å². The molecular weight excluding hydrogens is 370 g/mol. The number of aryl methyl sites for hydroxylation is 1. The molecular formula is C21H23N5OS. The summed E-state index contributed by atoms with van der Waals surface area (Å²) in [6, 6.07) is 6.29. The first-order valence-electron chi connectivity index (χ1n) is 9.89. The Morgan fingerprint density at radius 1 is 1.14 bits per heavy atom. The summed E-state index contributed by atoms with van der Waals surface area (Å²) < 4.78 is 1.17. The van der Waals surface area contributed by atoms with Gasteiger partial charge in [0.25, 0.3) is 0 Å². The van der Waals surface area contributed by atoms with E-state index in [9.17, 15) is 4.79 Å². The molecule has 1 amide bonds. The molecule has 3 aromatic heterocycles. The van der Waals surface area contributed by atoms with Gasteiger partial charge in [-0.15, -0.1) is 11.3 Å². The van der Waals surface area contributed by atoms with E-state index in [1.807, 2.05) is 12.1 Å². The van der Waals surface area contributed by atoms with Crippen molar-refractivity contribution in [2.24, 2.45) is 11.8 Å². The standard InChI is InChI=1S/C21H23N5OS/c27-18(4-1-14-5-8-22-9-6-14)25-19-15-2-3-16(19)12-26(11-15)21-20-17(7-10-28-20)23-13-24-21/h5-10,13,15-16,19H,1-4,11-12H2,(H,25,27)/t15-,16+,19?. The van der Waals surface area contributed by atoms with Crippen molar-refractivity contribution in [1.82, 2.24) is 20.3 Å². The van der Waals surface area contributed by atoms with Gasteiger partial charge in [0.05, 0.1) is 10.2 Å². The molecule has 144 valence electrons. The lowest BCUT2D eigenvalue weighted by Gasteiger charge is -2.39. The Morgan fingerprint density at radius 2 is 1.93 bits per heavy atom. The Labute approximate surface area is 168 Å². The molecule has 1 aliphatic carbocycles. The molecule has 1 aliphatic heterocycles. The number of fused-ring (bicyclic) bond motifs is 3. The molecule has 1 unspecified atom stereocenters. The maximum absolute atomic E-state index is 12.5. The topological polar surface area (TPSA) is 71.0 Å². The van der Waals surface area contributed by atoms with Crippen molar-refractivity contribution in [3.8, 4) is 0 Å². The van der Waals surface area contributed by atoms with Gasteiger partial charge < -0.3 is 10.2 Å². The Hall–Kier alpha value is -2.54. The van der Waals surface area contributed by atoms with Gasteiger partial charge in [-0.05, 0) is 60.2 Å². The summed E-state index contributed by atoms with van der Waals surface area (Å²) in [5.74, 6) is 2.21. The number of aromatic nitrogens is 3. The first-order chi connectivity index (χ1) is 13.8. The van der Waals surface area contributed by atoms with Crippen LogP contribution in [0.2, 0.25) is 0 Å². The maximum atomic E-state index is 12.5. The zero-order chi connectivity index (χ0) is 18.9. The predicted molar refractivity (Wildman–Crippen MR) is 110 cm³/mol. The van der Waals surface area contributed by atoms with Crippen LogP contribution >= 0.6 is 11.3 Å². The third kappa shape index (κ3) is 3.35. The van der Waals surface area contributed by atoms with E-state index in [0.29, 0.717) is 24.3 Å². The number of piperidine rings is 1. The lowest BCUT2D eigenvalue weighted by Crippen LogP contribution is -2.53. The predicted octanol–water partition coefficient (Wildman–Crippen LogP) is 3.05. The molecule has 3 aromatic rings. The van der Waals surface area contributed by atoms with Crippen molar-refractivity contribution in [3.63, 3.8) is 0 Å². The lowest BCUT2D eigenvalue weighted by molar-refractivity contribution is -0.122. The van der Waals surface area contributed by atoms with Crippen LogP contribution in [0.5, 0.6) is 0 Å². The van der Waals surface area contributed by atoms with Crippen molar-refractivity contribution in [3.05, 3.63) is 47.9 Å². The molecule has 1 saturated heterocycles. The van der Waals surface area contributed by atoms with Crippen LogP contribution in [-0.4, -0.2) is 40.0 Å². The average molecular weight is 394 g/mol. The number of nitrogens with zero attached hydrogens (tertiary/aromatic N) is 4. The Bertz CT molecular complexity index is 961. The quantitative estimate of drug-likeness (QED) is 0.721. The minimum absolute atomic E-state index is 0.162. The van der Waals surface area contributed by atoms with Gasteiger partial charge in [0, 0.05) is 37.9 Å². The van der Waals surface area contributed by atoms with Gasteiger partial charge in [0.1, 0.15) is 12.1 Å². The van der Waals surface area contributed by atoms with Crippen LogP contribution in [0.3, 0.4) is 0 Å². The van der Waals surface area contributed by atoms with E-state index in [-0.39, 0.29) is 5.91 Å². The molecule has 0 aromatic carbocycles. The van der Waals surface area contributed by atoms with Gasteiger partial charge in [-0.2, -0.15) is 0 Å². The summed E-state index contributed by atoms with van der Waals surface area (Å²) >= 11 is 1.71. The number of carbonyl (C=O) groups is 1. The molecule has 5 rings (SSSR count). The van der Waals surface area contributed by atoms with Gasteiger partial charge in [-0.1, -0.05) is 0 Å². The summed E-state index contributed by atoms with van der Waals surface area (Å²) in [4.78, 5) is 27.9. The minimum Gasteiger partial charge on any atom is -0.355 e. The minimum atomic E-state index is 0.162. The Balaban J connectivity index is 1.23. The number of pyridine rings is 1. The SMILES string of the molecule is O=C(CCc1ccncc1)NC1[C@@H]2CC[C@H]1CN(c1ncnc3ccsc13)C2. The Kier molecular flexibility index (Phi) is 4.68. The van der Waals surface area contributed by atoms with E-state index in [4.69, 9.17) is 0 Å². The van der Waals surface area contributed by atoms with Crippen molar-refractivity contribution < 1.29 is 4.79 Å². The van der Waals surface area contributed by atoms with Crippen LogP contribution in [0.4, 0.5) is 5.82 Å². The van der Waals surface area contributed by atoms with Crippen LogP contribution in [0.15, 0.2) is 42.3 Å². The largest absolute Gasteiger partial charge is 0.355 e. The van der Waals surface area contributed by atoms with E-state index >= 15 is 0 Å². The molecule has 28 heavy (non-hydrogen) atoms. The van der Waals surface area contributed by atoms with Gasteiger partial charge in [-0.25, -0.2) is 9.97 Å². The highest BCUT2D eigenvalue weighted by Gasteiger charge is 2.43. The number of rotatable bonds is 5. The van der Waals surface area contributed by atoms with E-state index in [1.165, 1.54) is 17.5 Å². The van der Waals surface area contributed by atoms with E-state index in [2.05, 4.69) is 36.6 Å². The van der Waals surface area contributed by atoms with Crippen molar-refractivity contribution in [1.29, 1.82) is 0 Å². The second kappa shape index (κ2) is 7.47. The van der Waals surface area contributed by atoms with Gasteiger partial charge in [0.2, 0.25) is 5.91 Å².